The second-order valence-electron chi connectivity index (χ2n) is 4.56. The highest BCUT2D eigenvalue weighted by Crippen LogP contribution is 2.35. The van der Waals surface area contributed by atoms with Gasteiger partial charge in [-0.15, -0.1) is 0 Å². The molecule has 1 aromatic carbocycles. The molecule has 0 saturated heterocycles. The second kappa shape index (κ2) is 6.09. The first-order valence-electron chi connectivity index (χ1n) is 6.40. The summed E-state index contributed by atoms with van der Waals surface area (Å²) in [6.45, 7) is 6.54. The van der Waals surface area contributed by atoms with Gasteiger partial charge in [0, 0.05) is 6.54 Å². The molecule has 6 heteroatoms. The summed E-state index contributed by atoms with van der Waals surface area (Å²) in [7, 11) is 0. The number of rotatable bonds is 5. The third-order valence-corrected chi connectivity index (χ3v) is 3.71. The van der Waals surface area contributed by atoms with E-state index in [9.17, 15) is 4.39 Å². The molecule has 0 saturated carbocycles. The highest BCUT2D eigenvalue weighted by Gasteiger charge is 2.12. The molecule has 2 aromatic rings. The summed E-state index contributed by atoms with van der Waals surface area (Å²) in [4.78, 5) is 0. The Hall–Kier alpha value is -1.82. The van der Waals surface area contributed by atoms with Gasteiger partial charge in [-0.2, -0.15) is 4.37 Å². The predicted octanol–water partition coefficient (Wildman–Crippen LogP) is 3.49. The maximum absolute atomic E-state index is 13.6. The van der Waals surface area contributed by atoms with Crippen LogP contribution in [0.2, 0.25) is 0 Å². The number of aromatic nitrogens is 1. The van der Waals surface area contributed by atoms with Gasteiger partial charge >= 0.3 is 0 Å². The van der Waals surface area contributed by atoms with Gasteiger partial charge in [0.2, 0.25) is 0 Å². The van der Waals surface area contributed by atoms with Crippen molar-refractivity contribution in [3.05, 3.63) is 34.6 Å². The third kappa shape index (κ3) is 3.01. The number of anilines is 2. The number of aryl methyl sites for hydroxylation is 2. The topological polar surface area (TPSA) is 60.2 Å². The van der Waals surface area contributed by atoms with Crippen LogP contribution in [0.15, 0.2) is 12.1 Å². The van der Waals surface area contributed by atoms with Gasteiger partial charge in [0.15, 0.2) is 16.6 Å². The molecule has 2 rings (SSSR count). The molecule has 1 aromatic heterocycles. The first kappa shape index (κ1) is 14.6. The molecule has 0 bridgehead atoms. The molecule has 0 spiro atoms. The number of nitrogen functional groups attached to an aromatic ring is 1. The number of hydrogen-bond acceptors (Lipinski definition) is 5. The highest BCUT2D eigenvalue weighted by atomic mass is 32.1. The van der Waals surface area contributed by atoms with Crippen molar-refractivity contribution in [2.75, 3.05) is 17.7 Å². The Morgan fingerprint density at radius 2 is 2.00 bits per heavy atom. The highest BCUT2D eigenvalue weighted by molar-refractivity contribution is 7.11. The van der Waals surface area contributed by atoms with E-state index >= 15 is 0 Å². The molecule has 0 aliphatic heterocycles. The Bertz CT molecular complexity index is 589. The molecule has 0 atom stereocenters. The fraction of sp³-hybridized carbons (Fsp3) is 0.357. The Kier molecular flexibility index (Phi) is 4.44. The van der Waals surface area contributed by atoms with Crippen molar-refractivity contribution in [3.63, 3.8) is 0 Å². The van der Waals surface area contributed by atoms with Gasteiger partial charge in [-0.25, -0.2) is 4.39 Å². The molecule has 108 valence electrons. The number of hydrogen-bond donors (Lipinski definition) is 2. The standard InChI is InChI=1S/C14H18FN3OS/c1-4-19-12-13(16)18-20-14(12)17-7-10-5-8(2)11(15)9(3)6-10/h5-6,17H,4,7H2,1-3H3,(H2,16,18). The maximum Gasteiger partial charge on any atom is 0.197 e. The molecular formula is C14H18FN3OS. The van der Waals surface area contributed by atoms with Crippen molar-refractivity contribution in [1.29, 1.82) is 0 Å². The van der Waals surface area contributed by atoms with Crippen LogP contribution in [0.1, 0.15) is 23.6 Å². The Balaban J connectivity index is 2.13. The van der Waals surface area contributed by atoms with Crippen LogP contribution in [0.4, 0.5) is 15.2 Å². The largest absolute Gasteiger partial charge is 0.487 e. The van der Waals surface area contributed by atoms with Crippen molar-refractivity contribution in [2.45, 2.75) is 27.3 Å². The van der Waals surface area contributed by atoms with E-state index < -0.39 is 0 Å². The van der Waals surface area contributed by atoms with Crippen LogP contribution in [-0.2, 0) is 6.54 Å². The van der Waals surface area contributed by atoms with Gasteiger partial charge in [-0.05, 0) is 49.0 Å². The third-order valence-electron chi connectivity index (χ3n) is 2.91. The molecule has 0 radical (unpaired) electrons. The average Bonchev–Trinajstić information content (AvgIpc) is 2.75. The van der Waals surface area contributed by atoms with E-state index in [1.807, 2.05) is 19.1 Å². The summed E-state index contributed by atoms with van der Waals surface area (Å²) in [6.07, 6.45) is 0. The van der Waals surface area contributed by atoms with Gasteiger partial charge in [0.05, 0.1) is 6.61 Å². The van der Waals surface area contributed by atoms with Crippen LogP contribution < -0.4 is 15.8 Å². The van der Waals surface area contributed by atoms with E-state index in [4.69, 9.17) is 10.5 Å². The van der Waals surface area contributed by atoms with Crippen LogP contribution in [0.5, 0.6) is 5.75 Å². The Labute approximate surface area is 121 Å². The number of benzene rings is 1. The van der Waals surface area contributed by atoms with E-state index in [1.54, 1.807) is 13.8 Å². The fourth-order valence-electron chi connectivity index (χ4n) is 2.01. The molecular weight excluding hydrogens is 277 g/mol. The zero-order valence-corrected chi connectivity index (χ0v) is 12.6. The van der Waals surface area contributed by atoms with Crippen LogP contribution in [0.25, 0.3) is 0 Å². The lowest BCUT2D eigenvalue weighted by Gasteiger charge is -2.10. The SMILES string of the molecule is CCOc1c(N)nsc1NCc1cc(C)c(F)c(C)c1. The van der Waals surface area contributed by atoms with Crippen molar-refractivity contribution >= 4 is 22.4 Å². The van der Waals surface area contributed by atoms with E-state index in [2.05, 4.69) is 9.69 Å². The number of ether oxygens (including phenoxy) is 1. The minimum atomic E-state index is -0.147. The molecule has 4 nitrogen and oxygen atoms in total. The minimum absolute atomic E-state index is 0.147. The molecule has 3 N–H and O–H groups in total. The lowest BCUT2D eigenvalue weighted by Crippen LogP contribution is -2.03. The summed E-state index contributed by atoms with van der Waals surface area (Å²) in [5, 5.41) is 4.03. The minimum Gasteiger partial charge on any atom is -0.487 e. The Morgan fingerprint density at radius 1 is 1.35 bits per heavy atom. The average molecular weight is 295 g/mol. The van der Waals surface area contributed by atoms with Crippen molar-refractivity contribution in [1.82, 2.24) is 4.37 Å². The van der Waals surface area contributed by atoms with Gasteiger partial charge in [-0.3, -0.25) is 0 Å². The smallest absolute Gasteiger partial charge is 0.197 e. The van der Waals surface area contributed by atoms with Crippen molar-refractivity contribution < 1.29 is 9.13 Å². The fourth-order valence-corrected chi connectivity index (χ4v) is 2.67. The van der Waals surface area contributed by atoms with Crippen molar-refractivity contribution in [2.24, 2.45) is 0 Å². The summed E-state index contributed by atoms with van der Waals surface area (Å²) in [6, 6.07) is 3.67. The normalized spacial score (nSPS) is 10.6. The lowest BCUT2D eigenvalue weighted by atomic mass is 10.1. The monoisotopic (exact) mass is 295 g/mol. The first-order chi connectivity index (χ1) is 9.52. The van der Waals surface area contributed by atoms with Crippen LogP contribution >= 0.6 is 11.5 Å². The first-order valence-corrected chi connectivity index (χ1v) is 7.17. The van der Waals surface area contributed by atoms with Crippen LogP contribution in [0, 0.1) is 19.7 Å². The zero-order chi connectivity index (χ0) is 14.7. The van der Waals surface area contributed by atoms with E-state index in [0.717, 1.165) is 10.6 Å². The quantitative estimate of drug-likeness (QED) is 0.886. The molecule has 0 aliphatic rings. The van der Waals surface area contributed by atoms with E-state index in [0.29, 0.717) is 35.8 Å². The lowest BCUT2D eigenvalue weighted by molar-refractivity contribution is 0.344. The summed E-state index contributed by atoms with van der Waals surface area (Å²) in [5.74, 6) is 0.838. The number of nitrogens with zero attached hydrogens (tertiary/aromatic N) is 1. The summed E-state index contributed by atoms with van der Waals surface area (Å²) >= 11 is 1.26. The number of halogens is 1. The van der Waals surface area contributed by atoms with E-state index in [1.165, 1.54) is 11.5 Å². The maximum atomic E-state index is 13.6. The van der Waals surface area contributed by atoms with Gasteiger partial charge < -0.3 is 15.8 Å². The molecule has 0 amide bonds. The van der Waals surface area contributed by atoms with Gasteiger partial charge in [0.25, 0.3) is 0 Å². The molecule has 0 unspecified atom stereocenters. The second-order valence-corrected chi connectivity index (χ2v) is 5.33. The summed E-state index contributed by atoms with van der Waals surface area (Å²) < 4.78 is 23.1. The predicted molar refractivity (Wildman–Crippen MR) is 80.9 cm³/mol. The molecule has 0 fully saturated rings. The van der Waals surface area contributed by atoms with Crippen molar-refractivity contribution in [3.8, 4) is 5.75 Å². The van der Waals surface area contributed by atoms with Gasteiger partial charge in [0.1, 0.15) is 5.82 Å². The molecule has 0 aliphatic carbocycles. The van der Waals surface area contributed by atoms with Gasteiger partial charge in [-0.1, -0.05) is 12.1 Å². The Morgan fingerprint density at radius 3 is 2.60 bits per heavy atom. The van der Waals surface area contributed by atoms with Crippen LogP contribution in [-0.4, -0.2) is 11.0 Å². The van der Waals surface area contributed by atoms with E-state index in [-0.39, 0.29) is 5.82 Å². The zero-order valence-electron chi connectivity index (χ0n) is 11.8. The molecule has 1 heterocycles. The summed E-state index contributed by atoms with van der Waals surface area (Å²) in [5.41, 5.74) is 8.06. The number of nitrogens with two attached hydrogens (primary N) is 1. The van der Waals surface area contributed by atoms with Crippen LogP contribution in [0.3, 0.4) is 0 Å². The number of nitrogens with one attached hydrogen (secondary N) is 1. The molecule has 20 heavy (non-hydrogen) atoms.